The van der Waals surface area contributed by atoms with E-state index >= 15 is 0 Å². The molecule has 0 aliphatic rings. The molecule has 0 saturated heterocycles. The number of para-hydroxylation sites is 1. The first kappa shape index (κ1) is 9.90. The summed E-state index contributed by atoms with van der Waals surface area (Å²) in [6, 6.07) is 16.2. The Kier molecular flexibility index (Phi) is 2.11. The lowest BCUT2D eigenvalue weighted by molar-refractivity contribution is 0.916. The third-order valence-corrected chi connectivity index (χ3v) is 2.89. The monoisotopic (exact) mass is 223 g/mol. The lowest BCUT2D eigenvalue weighted by Gasteiger charge is -2.03. The second kappa shape index (κ2) is 3.63. The van der Waals surface area contributed by atoms with Crippen LogP contribution < -0.4 is 5.73 Å². The van der Waals surface area contributed by atoms with E-state index in [1.54, 1.807) is 0 Å². The van der Waals surface area contributed by atoms with Crippen LogP contribution in [0.15, 0.2) is 48.5 Å². The minimum absolute atomic E-state index is 0.571. The van der Waals surface area contributed by atoms with Crippen molar-refractivity contribution in [3.63, 3.8) is 0 Å². The van der Waals surface area contributed by atoms with Crippen molar-refractivity contribution in [1.29, 1.82) is 0 Å². The maximum Gasteiger partial charge on any atom is 0.153 e. The summed E-state index contributed by atoms with van der Waals surface area (Å²) in [6.07, 6.45) is 0. The van der Waals surface area contributed by atoms with Gasteiger partial charge in [-0.05, 0) is 31.2 Å². The zero-order valence-electron chi connectivity index (χ0n) is 9.59. The fourth-order valence-electron chi connectivity index (χ4n) is 1.97. The second-order valence-corrected chi connectivity index (χ2v) is 4.15. The Morgan fingerprint density at radius 2 is 1.71 bits per heavy atom. The van der Waals surface area contributed by atoms with Crippen LogP contribution in [0.25, 0.3) is 16.6 Å². The summed E-state index contributed by atoms with van der Waals surface area (Å²) in [7, 11) is 0. The summed E-state index contributed by atoms with van der Waals surface area (Å²) in [5.41, 5.74) is 9.21. The Balaban J connectivity index is 2.27. The molecule has 2 aromatic carbocycles. The van der Waals surface area contributed by atoms with Gasteiger partial charge in [0.15, 0.2) is 5.82 Å². The normalized spacial score (nSPS) is 10.9. The summed E-state index contributed by atoms with van der Waals surface area (Å²) in [4.78, 5) is 0. The molecule has 0 spiro atoms. The highest BCUT2D eigenvalue weighted by atomic mass is 15.3. The Hall–Kier alpha value is -2.29. The summed E-state index contributed by atoms with van der Waals surface area (Å²) in [5, 5.41) is 5.38. The van der Waals surface area contributed by atoms with Crippen molar-refractivity contribution >= 4 is 16.7 Å². The first-order valence-electron chi connectivity index (χ1n) is 5.56. The van der Waals surface area contributed by atoms with Gasteiger partial charge in [0.05, 0.1) is 11.2 Å². The van der Waals surface area contributed by atoms with Gasteiger partial charge in [-0.3, -0.25) is 0 Å². The maximum absolute atomic E-state index is 5.91. The van der Waals surface area contributed by atoms with Crippen LogP contribution in [-0.2, 0) is 0 Å². The van der Waals surface area contributed by atoms with Gasteiger partial charge in [0.2, 0.25) is 0 Å². The van der Waals surface area contributed by atoms with E-state index in [9.17, 15) is 0 Å². The van der Waals surface area contributed by atoms with Crippen LogP contribution >= 0.6 is 0 Å². The van der Waals surface area contributed by atoms with E-state index in [1.807, 2.05) is 41.1 Å². The molecule has 0 unspecified atom stereocenters. The van der Waals surface area contributed by atoms with Crippen LogP contribution in [-0.4, -0.2) is 9.78 Å². The van der Waals surface area contributed by atoms with E-state index in [0.717, 1.165) is 16.6 Å². The van der Waals surface area contributed by atoms with Crippen LogP contribution in [0.4, 0.5) is 5.82 Å². The molecule has 1 aromatic heterocycles. The first-order valence-corrected chi connectivity index (χ1v) is 5.56. The van der Waals surface area contributed by atoms with Gasteiger partial charge in [-0.1, -0.05) is 29.8 Å². The van der Waals surface area contributed by atoms with Crippen molar-refractivity contribution in [3.8, 4) is 5.69 Å². The van der Waals surface area contributed by atoms with Crippen LogP contribution in [0, 0.1) is 6.92 Å². The van der Waals surface area contributed by atoms with Gasteiger partial charge >= 0.3 is 0 Å². The molecule has 0 bridgehead atoms. The van der Waals surface area contributed by atoms with E-state index in [2.05, 4.69) is 24.2 Å². The van der Waals surface area contributed by atoms with Gasteiger partial charge < -0.3 is 5.73 Å². The minimum atomic E-state index is 0.571. The molecule has 0 radical (unpaired) electrons. The molecule has 2 N–H and O–H groups in total. The molecule has 0 atom stereocenters. The minimum Gasteiger partial charge on any atom is -0.382 e. The number of anilines is 1. The van der Waals surface area contributed by atoms with Crippen molar-refractivity contribution in [2.45, 2.75) is 6.92 Å². The molecule has 3 heteroatoms. The molecule has 3 aromatic rings. The summed E-state index contributed by atoms with van der Waals surface area (Å²) in [6.45, 7) is 2.07. The predicted molar refractivity (Wildman–Crippen MR) is 70.2 cm³/mol. The largest absolute Gasteiger partial charge is 0.382 e. The fraction of sp³-hybridized carbons (Fsp3) is 0.0714. The van der Waals surface area contributed by atoms with E-state index in [4.69, 9.17) is 5.73 Å². The Bertz CT molecular complexity index is 666. The quantitative estimate of drug-likeness (QED) is 0.689. The highest BCUT2D eigenvalue weighted by Crippen LogP contribution is 2.23. The van der Waals surface area contributed by atoms with Gasteiger partial charge in [0.1, 0.15) is 0 Å². The smallest absolute Gasteiger partial charge is 0.153 e. The number of hydrogen-bond donors (Lipinski definition) is 1. The van der Waals surface area contributed by atoms with Gasteiger partial charge in [0, 0.05) is 5.39 Å². The number of nitrogens with two attached hydrogens (primary N) is 1. The number of aryl methyl sites for hydroxylation is 1. The third-order valence-electron chi connectivity index (χ3n) is 2.89. The molecule has 0 aliphatic heterocycles. The number of rotatable bonds is 1. The molecule has 3 nitrogen and oxygen atoms in total. The lowest BCUT2D eigenvalue weighted by Crippen LogP contribution is -1.97. The van der Waals surface area contributed by atoms with Gasteiger partial charge in [-0.25, -0.2) is 4.68 Å². The highest BCUT2D eigenvalue weighted by Gasteiger charge is 2.07. The molecule has 84 valence electrons. The maximum atomic E-state index is 5.91. The van der Waals surface area contributed by atoms with Crippen LogP contribution in [0.3, 0.4) is 0 Å². The van der Waals surface area contributed by atoms with Crippen molar-refractivity contribution in [2.24, 2.45) is 0 Å². The summed E-state index contributed by atoms with van der Waals surface area (Å²) in [5.74, 6) is 0.571. The molecule has 17 heavy (non-hydrogen) atoms. The van der Waals surface area contributed by atoms with Crippen molar-refractivity contribution in [3.05, 3.63) is 54.1 Å². The van der Waals surface area contributed by atoms with Crippen molar-refractivity contribution in [1.82, 2.24) is 9.78 Å². The molecular weight excluding hydrogens is 210 g/mol. The van der Waals surface area contributed by atoms with Crippen molar-refractivity contribution in [2.75, 3.05) is 5.73 Å². The van der Waals surface area contributed by atoms with Crippen LogP contribution in [0.2, 0.25) is 0 Å². The number of nitrogen functional groups attached to an aromatic ring is 1. The van der Waals surface area contributed by atoms with E-state index < -0.39 is 0 Å². The molecular formula is C14H13N3. The lowest BCUT2D eigenvalue weighted by atomic mass is 10.2. The van der Waals surface area contributed by atoms with Crippen LogP contribution in [0.5, 0.6) is 0 Å². The van der Waals surface area contributed by atoms with Gasteiger partial charge in [-0.2, -0.15) is 0 Å². The summed E-state index contributed by atoms with van der Waals surface area (Å²) < 4.78 is 1.88. The molecule has 0 saturated carbocycles. The van der Waals surface area contributed by atoms with E-state index in [-0.39, 0.29) is 0 Å². The Morgan fingerprint density at radius 1 is 1.00 bits per heavy atom. The number of hydrogen-bond acceptors (Lipinski definition) is 2. The molecule has 0 fully saturated rings. The topological polar surface area (TPSA) is 43.8 Å². The Morgan fingerprint density at radius 3 is 2.47 bits per heavy atom. The second-order valence-electron chi connectivity index (χ2n) is 4.15. The number of aromatic nitrogens is 2. The SMILES string of the molecule is Cc1ccc(-n2nc(N)c3ccccc32)cc1. The van der Waals surface area contributed by atoms with E-state index in [0.29, 0.717) is 5.82 Å². The van der Waals surface area contributed by atoms with Gasteiger partial charge in [-0.15, -0.1) is 5.10 Å². The predicted octanol–water partition coefficient (Wildman–Crippen LogP) is 2.92. The average Bonchev–Trinajstić information content (AvgIpc) is 2.69. The standard InChI is InChI=1S/C14H13N3/c1-10-6-8-11(9-7-10)17-13-5-3-2-4-12(13)14(15)16-17/h2-9H,1H3,(H2,15,16). The highest BCUT2D eigenvalue weighted by molar-refractivity contribution is 5.90. The molecule has 0 aliphatic carbocycles. The number of benzene rings is 2. The fourth-order valence-corrected chi connectivity index (χ4v) is 1.97. The number of fused-ring (bicyclic) bond motifs is 1. The van der Waals surface area contributed by atoms with Crippen LogP contribution in [0.1, 0.15) is 5.56 Å². The summed E-state index contributed by atoms with van der Waals surface area (Å²) >= 11 is 0. The third kappa shape index (κ3) is 1.56. The Labute approximate surface area is 99.5 Å². The zero-order chi connectivity index (χ0) is 11.8. The zero-order valence-corrected chi connectivity index (χ0v) is 9.59. The molecule has 3 rings (SSSR count). The average molecular weight is 223 g/mol. The van der Waals surface area contributed by atoms with Crippen molar-refractivity contribution < 1.29 is 0 Å². The first-order chi connectivity index (χ1) is 8.25. The van der Waals surface area contributed by atoms with Gasteiger partial charge in [0.25, 0.3) is 0 Å². The van der Waals surface area contributed by atoms with E-state index in [1.165, 1.54) is 5.56 Å². The molecule has 1 heterocycles. The number of nitrogens with zero attached hydrogens (tertiary/aromatic N) is 2. The molecule has 0 amide bonds.